The number of para-hydroxylation sites is 1. The van der Waals surface area contributed by atoms with E-state index in [2.05, 4.69) is 85.9 Å². The van der Waals surface area contributed by atoms with E-state index in [0.717, 1.165) is 5.69 Å². The number of aromatic nitrogens is 2. The summed E-state index contributed by atoms with van der Waals surface area (Å²) in [6.45, 7) is 6.56. The van der Waals surface area contributed by atoms with Crippen molar-refractivity contribution in [3.63, 3.8) is 0 Å². The normalized spacial score (nSPS) is 11.1. The van der Waals surface area contributed by atoms with Gasteiger partial charge in [-0.25, -0.2) is 0 Å². The molecule has 0 amide bonds. The number of rotatable bonds is 2. The zero-order valence-electron chi connectivity index (χ0n) is 15.7. The van der Waals surface area contributed by atoms with Gasteiger partial charge in [0.05, 0.1) is 11.1 Å². The van der Waals surface area contributed by atoms with Crippen LogP contribution in [0.1, 0.15) is 16.7 Å². The Morgan fingerprint density at radius 2 is 1.58 bits per heavy atom. The maximum atomic E-state index is 4.61. The Balaban J connectivity index is 2.11. The predicted octanol–water partition coefficient (Wildman–Crippen LogP) is 5.32. The molecule has 2 aromatic carbocycles. The highest BCUT2D eigenvalue weighted by Crippen LogP contribution is 2.32. The number of nitrogens with zero attached hydrogens (tertiary/aromatic N) is 2. The summed E-state index contributed by atoms with van der Waals surface area (Å²) in [6.07, 6.45) is 1.86. The second-order valence-corrected chi connectivity index (χ2v) is 6.99. The van der Waals surface area contributed by atoms with Crippen LogP contribution in [-0.2, 0) is 7.05 Å². The summed E-state index contributed by atoms with van der Waals surface area (Å²) in [5.41, 5.74) is 9.84. The number of hydrogen-bond donors (Lipinski definition) is 0. The standard InChI is InChI=1S/C24H23N2/c1-16-13-17(2)18(3)20(14-16)24-15-21(22-10-7-8-12-25-22)19-9-5-6-11-23(19)26(24)4/h5-15H,1-4H3/q+1. The minimum Gasteiger partial charge on any atom is -0.256 e. The first-order valence-corrected chi connectivity index (χ1v) is 8.97. The highest BCUT2D eigenvalue weighted by Gasteiger charge is 2.21. The van der Waals surface area contributed by atoms with Crippen LogP contribution in [-0.4, -0.2) is 4.98 Å². The molecule has 0 spiro atoms. The molecule has 4 rings (SSSR count). The van der Waals surface area contributed by atoms with Crippen molar-refractivity contribution in [3.05, 3.63) is 83.6 Å². The van der Waals surface area contributed by atoms with Gasteiger partial charge < -0.3 is 0 Å². The molecule has 2 nitrogen and oxygen atoms in total. The second kappa shape index (κ2) is 6.38. The van der Waals surface area contributed by atoms with E-state index < -0.39 is 0 Å². The van der Waals surface area contributed by atoms with Gasteiger partial charge in [0.25, 0.3) is 0 Å². The van der Waals surface area contributed by atoms with E-state index in [1.807, 2.05) is 18.3 Å². The summed E-state index contributed by atoms with van der Waals surface area (Å²) in [7, 11) is 2.15. The van der Waals surface area contributed by atoms with Gasteiger partial charge in [-0.1, -0.05) is 29.8 Å². The van der Waals surface area contributed by atoms with E-state index in [1.165, 1.54) is 44.4 Å². The summed E-state index contributed by atoms with van der Waals surface area (Å²) in [6, 6.07) is 21.5. The molecule has 2 heteroatoms. The molecule has 2 aromatic heterocycles. The first kappa shape index (κ1) is 16.5. The van der Waals surface area contributed by atoms with Gasteiger partial charge in [-0.15, -0.1) is 0 Å². The lowest BCUT2D eigenvalue weighted by atomic mass is 9.94. The summed E-state index contributed by atoms with van der Waals surface area (Å²) in [5.74, 6) is 0. The van der Waals surface area contributed by atoms with Gasteiger partial charge >= 0.3 is 0 Å². The van der Waals surface area contributed by atoms with Crippen molar-refractivity contribution in [2.24, 2.45) is 7.05 Å². The molecule has 0 aliphatic rings. The van der Waals surface area contributed by atoms with E-state index in [9.17, 15) is 0 Å². The second-order valence-electron chi connectivity index (χ2n) is 6.99. The third-order valence-corrected chi connectivity index (χ3v) is 5.23. The molecule has 0 atom stereocenters. The highest BCUT2D eigenvalue weighted by molar-refractivity contribution is 5.93. The fourth-order valence-corrected chi connectivity index (χ4v) is 3.73. The first-order chi connectivity index (χ1) is 12.6. The van der Waals surface area contributed by atoms with Crippen molar-refractivity contribution in [2.45, 2.75) is 20.8 Å². The maximum absolute atomic E-state index is 4.61. The van der Waals surface area contributed by atoms with E-state index >= 15 is 0 Å². The maximum Gasteiger partial charge on any atom is 0.213 e. The van der Waals surface area contributed by atoms with E-state index in [0.29, 0.717) is 0 Å². The van der Waals surface area contributed by atoms with Crippen LogP contribution < -0.4 is 4.57 Å². The van der Waals surface area contributed by atoms with Crippen LogP contribution >= 0.6 is 0 Å². The molecule has 0 N–H and O–H groups in total. The first-order valence-electron chi connectivity index (χ1n) is 8.97. The highest BCUT2D eigenvalue weighted by atomic mass is 14.9. The summed E-state index contributed by atoms with van der Waals surface area (Å²) in [5, 5.41) is 1.22. The molecule has 0 unspecified atom stereocenters. The van der Waals surface area contributed by atoms with Crippen molar-refractivity contribution in [1.29, 1.82) is 0 Å². The lowest BCUT2D eigenvalue weighted by Crippen LogP contribution is -2.32. The third-order valence-electron chi connectivity index (χ3n) is 5.23. The average molecular weight is 339 g/mol. The Morgan fingerprint density at radius 3 is 2.35 bits per heavy atom. The van der Waals surface area contributed by atoms with Crippen LogP contribution in [0.3, 0.4) is 0 Å². The number of fused-ring (bicyclic) bond motifs is 1. The number of pyridine rings is 2. The molecule has 128 valence electrons. The summed E-state index contributed by atoms with van der Waals surface area (Å²) >= 11 is 0. The van der Waals surface area contributed by atoms with Crippen molar-refractivity contribution in [3.8, 4) is 22.5 Å². The quantitative estimate of drug-likeness (QED) is 0.452. The zero-order valence-corrected chi connectivity index (χ0v) is 15.7. The molecule has 0 aliphatic heterocycles. The minimum atomic E-state index is 1.01. The van der Waals surface area contributed by atoms with Crippen molar-refractivity contribution in [1.82, 2.24) is 4.98 Å². The minimum absolute atomic E-state index is 1.01. The summed E-state index contributed by atoms with van der Waals surface area (Å²) in [4.78, 5) is 4.61. The third kappa shape index (κ3) is 2.68. The van der Waals surface area contributed by atoms with Gasteiger partial charge in [0.2, 0.25) is 11.2 Å². The van der Waals surface area contributed by atoms with Crippen molar-refractivity contribution in [2.75, 3.05) is 0 Å². The Hall–Kier alpha value is -3.00. The van der Waals surface area contributed by atoms with E-state index in [4.69, 9.17) is 0 Å². The van der Waals surface area contributed by atoms with Crippen LogP contribution in [0.5, 0.6) is 0 Å². The molecular formula is C24H23N2+. The van der Waals surface area contributed by atoms with Crippen LogP contribution in [0.2, 0.25) is 0 Å². The fraction of sp³-hybridized carbons (Fsp3) is 0.167. The number of benzene rings is 2. The predicted molar refractivity (Wildman–Crippen MR) is 108 cm³/mol. The van der Waals surface area contributed by atoms with Gasteiger partial charge in [-0.05, 0) is 56.2 Å². The van der Waals surface area contributed by atoms with Crippen molar-refractivity contribution < 1.29 is 4.57 Å². The van der Waals surface area contributed by atoms with Gasteiger partial charge in [0.1, 0.15) is 7.05 Å². The topological polar surface area (TPSA) is 16.8 Å². The Morgan fingerprint density at radius 1 is 0.808 bits per heavy atom. The smallest absolute Gasteiger partial charge is 0.213 e. The monoisotopic (exact) mass is 339 g/mol. The number of hydrogen-bond acceptors (Lipinski definition) is 1. The van der Waals surface area contributed by atoms with E-state index in [1.54, 1.807) is 0 Å². The van der Waals surface area contributed by atoms with Crippen LogP contribution in [0.15, 0.2) is 66.9 Å². The van der Waals surface area contributed by atoms with Crippen molar-refractivity contribution >= 4 is 10.9 Å². The average Bonchev–Trinajstić information content (AvgIpc) is 2.66. The van der Waals surface area contributed by atoms with Crippen LogP contribution in [0, 0.1) is 20.8 Å². The van der Waals surface area contributed by atoms with Gasteiger partial charge in [-0.3, -0.25) is 4.98 Å². The molecule has 2 heterocycles. The molecule has 26 heavy (non-hydrogen) atoms. The molecule has 0 radical (unpaired) electrons. The Bertz CT molecular complexity index is 1110. The Labute approximate surface area is 154 Å². The Kier molecular flexibility index (Phi) is 4.04. The number of aryl methyl sites for hydroxylation is 3. The van der Waals surface area contributed by atoms with E-state index in [-0.39, 0.29) is 0 Å². The van der Waals surface area contributed by atoms with Crippen LogP contribution in [0.25, 0.3) is 33.4 Å². The molecule has 0 saturated heterocycles. The lowest BCUT2D eigenvalue weighted by Gasteiger charge is -2.13. The summed E-state index contributed by atoms with van der Waals surface area (Å²) < 4.78 is 2.29. The fourth-order valence-electron chi connectivity index (χ4n) is 3.73. The molecule has 0 fully saturated rings. The van der Waals surface area contributed by atoms with Gasteiger partial charge in [-0.2, -0.15) is 4.57 Å². The zero-order chi connectivity index (χ0) is 18.3. The molecule has 4 aromatic rings. The molecular weight excluding hydrogens is 316 g/mol. The van der Waals surface area contributed by atoms with Crippen LogP contribution in [0.4, 0.5) is 0 Å². The lowest BCUT2D eigenvalue weighted by molar-refractivity contribution is -0.633. The van der Waals surface area contributed by atoms with Gasteiger partial charge in [0, 0.05) is 29.5 Å². The molecule has 0 bridgehead atoms. The SMILES string of the molecule is Cc1cc(C)c(C)c(-c2cc(-c3ccccn3)c3ccccc3[n+]2C)c1. The van der Waals surface area contributed by atoms with Gasteiger partial charge in [0.15, 0.2) is 0 Å². The molecule has 0 aliphatic carbocycles. The molecule has 0 saturated carbocycles. The largest absolute Gasteiger partial charge is 0.256 e.